The van der Waals surface area contributed by atoms with E-state index < -0.39 is 58.7 Å². The first kappa shape index (κ1) is 26.3. The van der Waals surface area contributed by atoms with Crippen molar-refractivity contribution in [3.63, 3.8) is 0 Å². The van der Waals surface area contributed by atoms with Crippen LogP contribution in [0.5, 0.6) is 0 Å². The highest BCUT2D eigenvalue weighted by Gasteiger charge is 2.90. The summed E-state index contributed by atoms with van der Waals surface area (Å²) < 4.78 is 169. The largest absolute Gasteiger partial charge is 0.465 e. The van der Waals surface area contributed by atoms with E-state index in [0.29, 0.717) is 22.6 Å². The molecule has 1 atom stereocenters. The van der Waals surface area contributed by atoms with Gasteiger partial charge in [0.15, 0.2) is 0 Å². The molecule has 0 fully saturated rings. The van der Waals surface area contributed by atoms with Gasteiger partial charge >= 0.3 is 41.8 Å². The van der Waals surface area contributed by atoms with Gasteiger partial charge < -0.3 is 4.74 Å². The Morgan fingerprint density at radius 2 is 1.15 bits per heavy atom. The van der Waals surface area contributed by atoms with Gasteiger partial charge in [0, 0.05) is 6.42 Å². The molecule has 0 unspecified atom stereocenters. The molecule has 27 heavy (non-hydrogen) atoms. The molecular formula is C11H8F13IO2. The Kier molecular flexibility index (Phi) is 7.41. The molecule has 2 nitrogen and oxygen atoms in total. The third kappa shape index (κ3) is 4.33. The van der Waals surface area contributed by atoms with Crippen LogP contribution >= 0.6 is 22.6 Å². The first-order valence-electron chi connectivity index (χ1n) is 6.38. The number of ether oxygens (including phenoxy) is 1. The van der Waals surface area contributed by atoms with E-state index in [4.69, 9.17) is 0 Å². The van der Waals surface area contributed by atoms with Gasteiger partial charge in [-0.05, 0) is 6.92 Å². The van der Waals surface area contributed by atoms with Gasteiger partial charge in [-0.2, -0.15) is 57.1 Å². The van der Waals surface area contributed by atoms with Gasteiger partial charge in [0.2, 0.25) is 0 Å². The molecule has 162 valence electrons. The summed E-state index contributed by atoms with van der Waals surface area (Å²) in [6.45, 7) is 0.647. The highest BCUT2D eigenvalue weighted by atomic mass is 127. The van der Waals surface area contributed by atoms with Crippen molar-refractivity contribution in [2.45, 2.75) is 53.1 Å². The third-order valence-electron chi connectivity index (χ3n) is 2.98. The summed E-state index contributed by atoms with van der Waals surface area (Å²) in [5.41, 5.74) is 0. The molecule has 0 aliphatic heterocycles. The Balaban J connectivity index is 6.05. The lowest BCUT2D eigenvalue weighted by atomic mass is 9.92. The molecule has 0 radical (unpaired) electrons. The van der Waals surface area contributed by atoms with E-state index in [1.165, 1.54) is 0 Å². The van der Waals surface area contributed by atoms with Gasteiger partial charge in [0.25, 0.3) is 0 Å². The molecule has 0 rings (SSSR count). The van der Waals surface area contributed by atoms with E-state index in [0.717, 1.165) is 6.92 Å². The minimum Gasteiger partial charge on any atom is -0.465 e. The number of carbonyl (C=O) groups excluding carboxylic acids is 1. The van der Waals surface area contributed by atoms with Crippen LogP contribution in [0.4, 0.5) is 57.1 Å². The van der Waals surface area contributed by atoms with Gasteiger partial charge in [0.05, 0.1) is 6.61 Å². The second kappa shape index (κ2) is 7.61. The topological polar surface area (TPSA) is 26.3 Å². The van der Waals surface area contributed by atoms with Crippen LogP contribution in [0.2, 0.25) is 0 Å². The molecule has 0 heterocycles. The first-order valence-corrected chi connectivity index (χ1v) is 7.63. The molecule has 0 N–H and O–H groups in total. The van der Waals surface area contributed by atoms with Crippen molar-refractivity contribution in [3.8, 4) is 0 Å². The standard InChI is InChI=1S/C11H8F13IO2/c1-2-27-5(26)4(25)3-6(12,13)7(14,15)8(16,17)9(18,19)10(20,21)11(22,23)24/h4H,2-3H2,1H3/t4-/m0/s1. The SMILES string of the molecule is CCOC(=O)[C@@H](I)CC(F)(F)C(F)(F)C(F)(F)C(F)(F)C(F)(F)C(F)(F)F. The molecule has 0 aromatic rings. The zero-order chi connectivity index (χ0) is 22.3. The van der Waals surface area contributed by atoms with Crippen LogP contribution in [0, 0.1) is 0 Å². The highest BCUT2D eigenvalue weighted by Crippen LogP contribution is 2.60. The summed E-state index contributed by atoms with van der Waals surface area (Å²) in [5.74, 6) is -38.9. The molecule has 16 heteroatoms. The van der Waals surface area contributed by atoms with Gasteiger partial charge in [-0.25, -0.2) is 0 Å². The Morgan fingerprint density at radius 3 is 1.48 bits per heavy atom. The lowest BCUT2D eigenvalue weighted by Crippen LogP contribution is -2.70. The van der Waals surface area contributed by atoms with Crippen molar-refractivity contribution in [1.29, 1.82) is 0 Å². The first-order chi connectivity index (χ1) is 11.6. The maximum absolute atomic E-state index is 13.5. The highest BCUT2D eigenvalue weighted by molar-refractivity contribution is 14.1. The summed E-state index contributed by atoms with van der Waals surface area (Å²) in [5, 5.41) is 0. The van der Waals surface area contributed by atoms with E-state index in [1.54, 1.807) is 0 Å². The van der Waals surface area contributed by atoms with Crippen molar-refractivity contribution in [3.05, 3.63) is 0 Å². The van der Waals surface area contributed by atoms with Crippen molar-refractivity contribution < 1.29 is 66.6 Å². The van der Waals surface area contributed by atoms with Crippen molar-refractivity contribution >= 4 is 28.6 Å². The molecule has 0 saturated carbocycles. The molecule has 0 aliphatic carbocycles. The average Bonchev–Trinajstić information content (AvgIpc) is 2.44. The Morgan fingerprint density at radius 1 is 0.778 bits per heavy atom. The second-order valence-corrected chi connectivity index (χ2v) is 6.43. The Hall–Kier alpha value is -0.710. The smallest absolute Gasteiger partial charge is 0.460 e. The molecule has 0 spiro atoms. The molecule has 0 amide bonds. The van der Waals surface area contributed by atoms with Crippen LogP contribution in [-0.4, -0.2) is 52.3 Å². The number of hydrogen-bond donors (Lipinski definition) is 0. The van der Waals surface area contributed by atoms with E-state index in [9.17, 15) is 61.9 Å². The van der Waals surface area contributed by atoms with Crippen molar-refractivity contribution in [2.75, 3.05) is 6.61 Å². The molecule has 0 aliphatic rings. The molecule has 0 bridgehead atoms. The summed E-state index contributed by atoms with van der Waals surface area (Å²) in [6.07, 6.45) is -10.1. The van der Waals surface area contributed by atoms with Crippen molar-refractivity contribution in [1.82, 2.24) is 0 Å². The fourth-order valence-corrected chi connectivity index (χ4v) is 2.20. The minimum atomic E-state index is -7.95. The number of hydrogen-bond acceptors (Lipinski definition) is 2. The molecule has 0 saturated heterocycles. The number of halogens is 14. The quantitative estimate of drug-likeness (QED) is 0.175. The third-order valence-corrected chi connectivity index (χ3v) is 3.93. The summed E-state index contributed by atoms with van der Waals surface area (Å²) >= 11 is 0.686. The van der Waals surface area contributed by atoms with E-state index in [-0.39, 0.29) is 0 Å². The average molecular weight is 546 g/mol. The minimum absolute atomic E-state index is 0.480. The van der Waals surface area contributed by atoms with E-state index in [2.05, 4.69) is 4.74 Å². The fraction of sp³-hybridized carbons (Fsp3) is 0.909. The zero-order valence-electron chi connectivity index (χ0n) is 12.6. The normalized spacial score (nSPS) is 16.3. The van der Waals surface area contributed by atoms with E-state index in [1.807, 2.05) is 0 Å². The van der Waals surface area contributed by atoms with Gasteiger partial charge in [-0.15, -0.1) is 0 Å². The maximum atomic E-state index is 13.5. The van der Waals surface area contributed by atoms with Crippen LogP contribution in [0.1, 0.15) is 13.3 Å². The summed E-state index contributed by atoms with van der Waals surface area (Å²) in [6, 6.07) is 0. The lowest BCUT2D eigenvalue weighted by Gasteiger charge is -2.40. The van der Waals surface area contributed by atoms with Crippen molar-refractivity contribution in [2.24, 2.45) is 0 Å². The fourth-order valence-electron chi connectivity index (χ4n) is 1.47. The van der Waals surface area contributed by atoms with Gasteiger partial charge in [0.1, 0.15) is 3.92 Å². The lowest BCUT2D eigenvalue weighted by molar-refractivity contribution is -0.440. The maximum Gasteiger partial charge on any atom is 0.460 e. The van der Waals surface area contributed by atoms with Crippen LogP contribution in [0.3, 0.4) is 0 Å². The molecular weight excluding hydrogens is 538 g/mol. The Bertz CT molecular complexity index is 543. The number of esters is 1. The van der Waals surface area contributed by atoms with Crippen LogP contribution in [0.15, 0.2) is 0 Å². The van der Waals surface area contributed by atoms with Crippen LogP contribution in [0.25, 0.3) is 0 Å². The summed E-state index contributed by atoms with van der Waals surface area (Å²) in [7, 11) is 0. The number of carbonyl (C=O) groups is 1. The van der Waals surface area contributed by atoms with Crippen LogP contribution < -0.4 is 0 Å². The molecule has 0 aromatic heterocycles. The predicted octanol–water partition coefficient (Wildman–Crippen LogP) is 5.48. The second-order valence-electron chi connectivity index (χ2n) is 4.92. The predicted molar refractivity (Wildman–Crippen MR) is 69.8 cm³/mol. The van der Waals surface area contributed by atoms with Gasteiger partial charge in [-0.3, -0.25) is 4.79 Å². The van der Waals surface area contributed by atoms with E-state index >= 15 is 0 Å². The number of alkyl halides is 14. The summed E-state index contributed by atoms with van der Waals surface area (Å²) in [4.78, 5) is 11.1. The zero-order valence-corrected chi connectivity index (χ0v) is 14.8. The van der Waals surface area contributed by atoms with Crippen LogP contribution in [-0.2, 0) is 9.53 Å². The van der Waals surface area contributed by atoms with Gasteiger partial charge in [-0.1, -0.05) is 22.6 Å². The number of rotatable bonds is 8. The molecule has 0 aromatic carbocycles. The Labute approximate surface area is 155 Å². The monoisotopic (exact) mass is 546 g/mol.